The van der Waals surface area contributed by atoms with E-state index in [2.05, 4.69) is 25.9 Å². The van der Waals surface area contributed by atoms with Crippen molar-refractivity contribution < 1.29 is 4.79 Å². The minimum Gasteiger partial charge on any atom is -0.334 e. The molecule has 3 N–H and O–H groups in total. The molecule has 0 aliphatic rings. The van der Waals surface area contributed by atoms with Crippen LogP contribution in [0, 0.1) is 0 Å². The summed E-state index contributed by atoms with van der Waals surface area (Å²) in [6.07, 6.45) is 3.11. The van der Waals surface area contributed by atoms with Crippen LogP contribution in [0.5, 0.6) is 0 Å². The lowest BCUT2D eigenvalue weighted by molar-refractivity contribution is 0.240. The fraction of sp³-hybridized carbons (Fsp3) is 0.467. The number of aromatic amines is 1. The lowest BCUT2D eigenvalue weighted by Gasteiger charge is -2.12. The summed E-state index contributed by atoms with van der Waals surface area (Å²) in [6.45, 7) is 4.50. The predicted molar refractivity (Wildman–Crippen MR) is 85.9 cm³/mol. The van der Waals surface area contributed by atoms with Gasteiger partial charge in [-0.2, -0.15) is 10.2 Å². The first-order chi connectivity index (χ1) is 11.1. The van der Waals surface area contributed by atoms with E-state index in [-0.39, 0.29) is 18.1 Å². The Balaban J connectivity index is 1.99. The van der Waals surface area contributed by atoms with Crippen molar-refractivity contribution in [3.8, 4) is 0 Å². The first kappa shape index (κ1) is 16.7. The van der Waals surface area contributed by atoms with Crippen LogP contribution >= 0.6 is 0 Å². The van der Waals surface area contributed by atoms with Crippen LogP contribution in [-0.2, 0) is 33.0 Å². The molecule has 2 aromatic heterocycles. The standard InChI is InChI=1S/C15H22N6O2/c1-4-11-12(14(22)20-19-13(11)5-2)9-17-15(23)16-8-10-6-7-18-21(10)3/h6-7H,4-5,8-9H2,1-3H3,(H,20,22)(H2,16,17,23). The van der Waals surface area contributed by atoms with E-state index in [1.165, 1.54) is 0 Å². The van der Waals surface area contributed by atoms with E-state index >= 15 is 0 Å². The summed E-state index contributed by atoms with van der Waals surface area (Å²) in [5, 5.41) is 16.0. The zero-order valence-electron chi connectivity index (χ0n) is 13.6. The van der Waals surface area contributed by atoms with Crippen molar-refractivity contribution in [2.45, 2.75) is 39.8 Å². The highest BCUT2D eigenvalue weighted by molar-refractivity contribution is 5.73. The van der Waals surface area contributed by atoms with Crippen molar-refractivity contribution in [1.29, 1.82) is 0 Å². The smallest absolute Gasteiger partial charge is 0.315 e. The van der Waals surface area contributed by atoms with Crippen molar-refractivity contribution >= 4 is 6.03 Å². The Morgan fingerprint density at radius 1 is 1.22 bits per heavy atom. The van der Waals surface area contributed by atoms with Crippen LogP contribution in [0.3, 0.4) is 0 Å². The number of hydrogen-bond acceptors (Lipinski definition) is 4. The first-order valence-electron chi connectivity index (χ1n) is 7.64. The third kappa shape index (κ3) is 3.97. The van der Waals surface area contributed by atoms with Gasteiger partial charge in [-0.05, 0) is 24.5 Å². The number of rotatable bonds is 6. The number of urea groups is 1. The molecule has 0 unspecified atom stereocenters. The van der Waals surface area contributed by atoms with Gasteiger partial charge in [0.05, 0.1) is 24.5 Å². The van der Waals surface area contributed by atoms with E-state index in [1.807, 2.05) is 27.0 Å². The molecule has 8 nitrogen and oxygen atoms in total. The van der Waals surface area contributed by atoms with Crippen LogP contribution in [0.15, 0.2) is 17.1 Å². The fourth-order valence-electron chi connectivity index (χ4n) is 2.44. The van der Waals surface area contributed by atoms with E-state index in [1.54, 1.807) is 10.9 Å². The predicted octanol–water partition coefficient (Wildman–Crippen LogP) is 0.628. The van der Waals surface area contributed by atoms with Gasteiger partial charge in [-0.3, -0.25) is 9.48 Å². The zero-order chi connectivity index (χ0) is 16.8. The Hall–Kier alpha value is -2.64. The number of aromatic nitrogens is 4. The number of aryl methyl sites for hydroxylation is 2. The summed E-state index contributed by atoms with van der Waals surface area (Å²) in [5.74, 6) is 0. The van der Waals surface area contributed by atoms with Crippen LogP contribution < -0.4 is 16.2 Å². The van der Waals surface area contributed by atoms with Crippen LogP contribution in [-0.4, -0.2) is 26.0 Å². The molecule has 2 rings (SSSR count). The first-order valence-corrected chi connectivity index (χ1v) is 7.64. The lowest BCUT2D eigenvalue weighted by Crippen LogP contribution is -2.37. The quantitative estimate of drug-likeness (QED) is 0.726. The van der Waals surface area contributed by atoms with Gasteiger partial charge >= 0.3 is 6.03 Å². The summed E-state index contributed by atoms with van der Waals surface area (Å²) in [6, 6.07) is 1.50. The molecule has 0 spiro atoms. The summed E-state index contributed by atoms with van der Waals surface area (Å²) in [4.78, 5) is 23.9. The second kappa shape index (κ2) is 7.57. The summed E-state index contributed by atoms with van der Waals surface area (Å²) < 4.78 is 1.69. The highest BCUT2D eigenvalue weighted by atomic mass is 16.2. The molecule has 2 heterocycles. The average Bonchev–Trinajstić information content (AvgIpc) is 2.96. The third-order valence-electron chi connectivity index (χ3n) is 3.75. The zero-order valence-corrected chi connectivity index (χ0v) is 13.6. The van der Waals surface area contributed by atoms with E-state index in [0.717, 1.165) is 23.4 Å². The van der Waals surface area contributed by atoms with Crippen molar-refractivity contribution in [2.75, 3.05) is 0 Å². The monoisotopic (exact) mass is 318 g/mol. The number of carbonyl (C=O) groups is 1. The van der Waals surface area contributed by atoms with Crippen LogP contribution in [0.2, 0.25) is 0 Å². The number of hydrogen-bond donors (Lipinski definition) is 3. The van der Waals surface area contributed by atoms with Crippen LogP contribution in [0.4, 0.5) is 4.79 Å². The minimum atomic E-state index is -0.331. The molecule has 124 valence electrons. The van der Waals surface area contributed by atoms with Gasteiger partial charge in [0, 0.05) is 18.8 Å². The number of carbonyl (C=O) groups excluding carboxylic acids is 1. The number of amides is 2. The molecule has 0 bridgehead atoms. The normalized spacial score (nSPS) is 10.6. The van der Waals surface area contributed by atoms with Crippen molar-refractivity contribution in [2.24, 2.45) is 7.05 Å². The van der Waals surface area contributed by atoms with Gasteiger partial charge < -0.3 is 10.6 Å². The molecule has 0 aliphatic heterocycles. The van der Waals surface area contributed by atoms with Crippen molar-refractivity contribution in [1.82, 2.24) is 30.6 Å². The van der Waals surface area contributed by atoms with Gasteiger partial charge in [0.2, 0.25) is 0 Å². The lowest BCUT2D eigenvalue weighted by atomic mass is 10.0. The Bertz CT molecular complexity index is 734. The van der Waals surface area contributed by atoms with Gasteiger partial charge in [0.25, 0.3) is 5.56 Å². The van der Waals surface area contributed by atoms with Crippen LogP contribution in [0.25, 0.3) is 0 Å². The van der Waals surface area contributed by atoms with Crippen LogP contribution in [0.1, 0.15) is 36.4 Å². The maximum atomic E-state index is 12.0. The van der Waals surface area contributed by atoms with Gasteiger partial charge in [-0.1, -0.05) is 13.8 Å². The molecule has 2 amide bonds. The minimum absolute atomic E-state index is 0.172. The van der Waals surface area contributed by atoms with E-state index in [0.29, 0.717) is 18.5 Å². The molecular weight excluding hydrogens is 296 g/mol. The second-order valence-electron chi connectivity index (χ2n) is 5.15. The maximum absolute atomic E-state index is 12.0. The number of nitrogens with one attached hydrogen (secondary N) is 3. The summed E-state index contributed by atoms with van der Waals surface area (Å²) in [7, 11) is 1.81. The molecule has 0 saturated heterocycles. The Morgan fingerprint density at radius 3 is 2.57 bits per heavy atom. The molecule has 23 heavy (non-hydrogen) atoms. The van der Waals surface area contributed by atoms with E-state index in [4.69, 9.17) is 0 Å². The molecular formula is C15H22N6O2. The maximum Gasteiger partial charge on any atom is 0.315 e. The van der Waals surface area contributed by atoms with E-state index in [9.17, 15) is 9.59 Å². The molecule has 0 radical (unpaired) electrons. The fourth-order valence-corrected chi connectivity index (χ4v) is 2.44. The SMILES string of the molecule is CCc1n[nH]c(=O)c(CNC(=O)NCc2ccnn2C)c1CC. The molecule has 0 aromatic carbocycles. The molecule has 0 atom stereocenters. The largest absolute Gasteiger partial charge is 0.334 e. The summed E-state index contributed by atoms with van der Waals surface area (Å²) in [5.41, 5.74) is 2.97. The van der Waals surface area contributed by atoms with Gasteiger partial charge in [-0.25, -0.2) is 9.89 Å². The Labute approximate surface area is 134 Å². The highest BCUT2D eigenvalue weighted by Gasteiger charge is 2.12. The highest BCUT2D eigenvalue weighted by Crippen LogP contribution is 2.09. The van der Waals surface area contributed by atoms with Crippen molar-refractivity contribution in [3.05, 3.63) is 45.1 Å². The molecule has 8 heteroatoms. The average molecular weight is 318 g/mol. The van der Waals surface area contributed by atoms with Gasteiger partial charge in [0.15, 0.2) is 0 Å². The molecule has 0 saturated carbocycles. The van der Waals surface area contributed by atoms with Gasteiger partial charge in [0.1, 0.15) is 0 Å². The van der Waals surface area contributed by atoms with Crippen molar-refractivity contribution in [3.63, 3.8) is 0 Å². The second-order valence-corrected chi connectivity index (χ2v) is 5.15. The van der Waals surface area contributed by atoms with E-state index < -0.39 is 0 Å². The molecule has 2 aromatic rings. The summed E-state index contributed by atoms with van der Waals surface area (Å²) >= 11 is 0. The Kier molecular flexibility index (Phi) is 5.51. The topological polar surface area (TPSA) is 105 Å². The molecule has 0 fully saturated rings. The number of H-pyrrole nitrogens is 1. The van der Waals surface area contributed by atoms with Gasteiger partial charge in [-0.15, -0.1) is 0 Å². The molecule has 0 aliphatic carbocycles. The third-order valence-corrected chi connectivity index (χ3v) is 3.75. The Morgan fingerprint density at radius 2 is 1.96 bits per heavy atom. The number of nitrogens with zero attached hydrogens (tertiary/aromatic N) is 3.